The number of ether oxygens (including phenoxy) is 2. The highest BCUT2D eigenvalue weighted by Gasteiger charge is 2.34. The third kappa shape index (κ3) is 4.58. The summed E-state index contributed by atoms with van der Waals surface area (Å²) in [7, 11) is 1.39. The number of nitrogens with one attached hydrogen (secondary N) is 1. The van der Waals surface area contributed by atoms with Crippen LogP contribution < -0.4 is 19.7 Å². The maximum absolute atomic E-state index is 13.0. The van der Waals surface area contributed by atoms with Gasteiger partial charge in [0.2, 0.25) is 0 Å². The van der Waals surface area contributed by atoms with Gasteiger partial charge in [-0.05, 0) is 60.3 Å². The summed E-state index contributed by atoms with van der Waals surface area (Å²) >= 11 is 11.0. The molecule has 1 fully saturated rings. The van der Waals surface area contributed by atoms with Crippen LogP contribution >= 0.6 is 23.8 Å². The van der Waals surface area contributed by atoms with Crippen molar-refractivity contribution in [2.45, 2.75) is 0 Å². The number of anilines is 1. The first kappa shape index (κ1) is 21.3. The van der Waals surface area contributed by atoms with Crippen LogP contribution in [0.2, 0.25) is 5.02 Å². The minimum Gasteiger partial charge on any atom is -0.493 e. The van der Waals surface area contributed by atoms with Crippen LogP contribution in [0.1, 0.15) is 5.56 Å². The molecule has 1 aliphatic rings. The quantitative estimate of drug-likeness (QED) is 0.399. The highest BCUT2D eigenvalue weighted by molar-refractivity contribution is 7.80. The van der Waals surface area contributed by atoms with Crippen molar-refractivity contribution in [3.8, 4) is 11.5 Å². The number of methoxy groups -OCH3 is 1. The van der Waals surface area contributed by atoms with Crippen molar-refractivity contribution in [3.63, 3.8) is 0 Å². The van der Waals surface area contributed by atoms with Crippen LogP contribution in [-0.4, -0.2) is 41.7 Å². The first-order chi connectivity index (χ1) is 14.3. The summed E-state index contributed by atoms with van der Waals surface area (Å²) in [4.78, 5) is 37.3. The molecule has 2 aromatic carbocycles. The van der Waals surface area contributed by atoms with Gasteiger partial charge in [0, 0.05) is 5.02 Å². The summed E-state index contributed by atoms with van der Waals surface area (Å²) in [5, 5.41) is 11.7. The SMILES string of the molecule is COc1cc(C=C2C(=O)NC(=S)N(c3ccc(Cl)cc3)C2=O)ccc1OCC(=O)O. The van der Waals surface area contributed by atoms with Crippen molar-refractivity contribution >= 4 is 58.5 Å². The van der Waals surface area contributed by atoms with Gasteiger partial charge in [0.25, 0.3) is 11.8 Å². The monoisotopic (exact) mass is 446 g/mol. The molecular weight excluding hydrogens is 432 g/mol. The van der Waals surface area contributed by atoms with E-state index in [9.17, 15) is 14.4 Å². The van der Waals surface area contributed by atoms with Crippen molar-refractivity contribution in [3.05, 3.63) is 58.6 Å². The molecule has 30 heavy (non-hydrogen) atoms. The Morgan fingerprint density at radius 1 is 1.20 bits per heavy atom. The van der Waals surface area contributed by atoms with E-state index in [-0.39, 0.29) is 22.2 Å². The second-order valence-electron chi connectivity index (χ2n) is 6.03. The Morgan fingerprint density at radius 2 is 1.90 bits per heavy atom. The fourth-order valence-electron chi connectivity index (χ4n) is 2.68. The third-order valence-corrected chi connectivity index (χ3v) is 4.57. The average molecular weight is 447 g/mol. The molecule has 3 rings (SSSR count). The van der Waals surface area contributed by atoms with Crippen molar-refractivity contribution in [2.75, 3.05) is 18.6 Å². The van der Waals surface area contributed by atoms with Gasteiger partial charge in [-0.25, -0.2) is 4.79 Å². The van der Waals surface area contributed by atoms with Gasteiger partial charge < -0.3 is 14.6 Å². The number of carbonyl (C=O) groups is 3. The van der Waals surface area contributed by atoms with Crippen LogP contribution in [0.15, 0.2) is 48.0 Å². The lowest BCUT2D eigenvalue weighted by atomic mass is 10.1. The summed E-state index contributed by atoms with van der Waals surface area (Å²) in [6.07, 6.45) is 1.38. The summed E-state index contributed by atoms with van der Waals surface area (Å²) in [6.45, 7) is -0.537. The van der Waals surface area contributed by atoms with Crippen LogP contribution in [0.3, 0.4) is 0 Å². The highest BCUT2D eigenvalue weighted by Crippen LogP contribution is 2.30. The van der Waals surface area contributed by atoms with Gasteiger partial charge in [-0.3, -0.25) is 19.8 Å². The summed E-state index contributed by atoms with van der Waals surface area (Å²) in [6, 6.07) is 11.0. The summed E-state index contributed by atoms with van der Waals surface area (Å²) < 4.78 is 10.4. The topological polar surface area (TPSA) is 105 Å². The molecule has 8 nitrogen and oxygen atoms in total. The van der Waals surface area contributed by atoms with Gasteiger partial charge in [-0.2, -0.15) is 0 Å². The molecule has 1 heterocycles. The number of hydrogen-bond donors (Lipinski definition) is 2. The van der Waals surface area contributed by atoms with Crippen LogP contribution in [-0.2, 0) is 14.4 Å². The fourth-order valence-corrected chi connectivity index (χ4v) is 3.09. The van der Waals surface area contributed by atoms with E-state index >= 15 is 0 Å². The van der Waals surface area contributed by atoms with E-state index in [0.717, 1.165) is 0 Å². The van der Waals surface area contributed by atoms with Crippen molar-refractivity contribution in [2.24, 2.45) is 0 Å². The average Bonchev–Trinajstić information content (AvgIpc) is 2.71. The lowest BCUT2D eigenvalue weighted by molar-refractivity contribution is -0.139. The van der Waals surface area contributed by atoms with E-state index < -0.39 is 24.4 Å². The zero-order valence-electron chi connectivity index (χ0n) is 15.5. The smallest absolute Gasteiger partial charge is 0.341 e. The number of aliphatic carboxylic acids is 1. The van der Waals surface area contributed by atoms with E-state index in [1.807, 2.05) is 0 Å². The largest absolute Gasteiger partial charge is 0.493 e. The first-order valence-electron chi connectivity index (χ1n) is 8.50. The maximum atomic E-state index is 13.0. The normalized spacial score (nSPS) is 15.2. The molecule has 1 aliphatic heterocycles. The van der Waals surface area contributed by atoms with Gasteiger partial charge in [-0.1, -0.05) is 17.7 Å². The Bertz CT molecular complexity index is 1070. The number of thiocarbonyl (C=S) groups is 1. The zero-order valence-corrected chi connectivity index (χ0v) is 17.1. The van der Waals surface area contributed by atoms with E-state index in [1.54, 1.807) is 30.3 Å². The molecule has 2 amide bonds. The highest BCUT2D eigenvalue weighted by atomic mass is 35.5. The molecule has 10 heteroatoms. The van der Waals surface area contributed by atoms with Gasteiger partial charge in [0.15, 0.2) is 23.2 Å². The number of hydrogen-bond acceptors (Lipinski definition) is 6. The van der Waals surface area contributed by atoms with Crippen LogP contribution in [0.5, 0.6) is 11.5 Å². The number of benzene rings is 2. The molecular formula is C20H15ClN2O6S. The Morgan fingerprint density at radius 3 is 2.53 bits per heavy atom. The molecule has 0 unspecified atom stereocenters. The Labute approximate surface area is 181 Å². The lowest BCUT2D eigenvalue weighted by Gasteiger charge is -2.29. The van der Waals surface area contributed by atoms with Crippen molar-refractivity contribution in [1.82, 2.24) is 5.32 Å². The molecule has 0 atom stereocenters. The number of rotatable bonds is 6. The molecule has 0 radical (unpaired) electrons. The molecule has 154 valence electrons. The molecule has 2 N–H and O–H groups in total. The molecule has 0 aliphatic carbocycles. The lowest BCUT2D eigenvalue weighted by Crippen LogP contribution is -2.54. The standard InChI is InChI=1S/C20H15ClN2O6S/c1-28-16-9-11(2-7-15(16)29-10-17(24)25)8-14-18(26)22-20(30)23(19(14)27)13-5-3-12(21)4-6-13/h2-9H,10H2,1H3,(H,24,25)(H,22,26,30). The molecule has 0 spiro atoms. The number of carboxylic acid groups (broad SMARTS) is 1. The van der Waals surface area contributed by atoms with Gasteiger partial charge >= 0.3 is 5.97 Å². The number of nitrogens with zero attached hydrogens (tertiary/aromatic N) is 1. The Kier molecular flexibility index (Phi) is 6.34. The molecule has 2 aromatic rings. The summed E-state index contributed by atoms with van der Waals surface area (Å²) in [5.74, 6) is -1.91. The third-order valence-electron chi connectivity index (χ3n) is 4.04. The number of amides is 2. The van der Waals surface area contributed by atoms with Crippen LogP contribution in [0, 0.1) is 0 Å². The molecule has 0 bridgehead atoms. The fraction of sp³-hybridized carbons (Fsp3) is 0.100. The molecule has 1 saturated heterocycles. The Balaban J connectivity index is 1.94. The zero-order chi connectivity index (χ0) is 21.8. The van der Waals surface area contributed by atoms with Crippen LogP contribution in [0.4, 0.5) is 5.69 Å². The number of carbonyl (C=O) groups excluding carboxylic acids is 2. The second-order valence-corrected chi connectivity index (χ2v) is 6.85. The predicted octanol–water partition coefficient (Wildman–Crippen LogP) is 2.64. The van der Waals surface area contributed by atoms with Gasteiger partial charge in [0.1, 0.15) is 5.57 Å². The minimum atomic E-state index is -1.13. The van der Waals surface area contributed by atoms with Gasteiger partial charge in [-0.15, -0.1) is 0 Å². The minimum absolute atomic E-state index is 0.0422. The van der Waals surface area contributed by atoms with Crippen LogP contribution in [0.25, 0.3) is 6.08 Å². The number of carboxylic acids is 1. The molecule has 0 saturated carbocycles. The van der Waals surface area contributed by atoms with Crippen molar-refractivity contribution < 1.29 is 29.0 Å². The second kappa shape index (κ2) is 8.93. The van der Waals surface area contributed by atoms with E-state index in [4.69, 9.17) is 38.4 Å². The number of halogens is 1. The van der Waals surface area contributed by atoms with E-state index in [2.05, 4.69) is 5.32 Å². The van der Waals surface area contributed by atoms with Gasteiger partial charge in [0.05, 0.1) is 12.8 Å². The summed E-state index contributed by atoms with van der Waals surface area (Å²) in [5.41, 5.74) is 0.784. The van der Waals surface area contributed by atoms with E-state index in [0.29, 0.717) is 16.3 Å². The Hall–Kier alpha value is -3.43. The predicted molar refractivity (Wildman–Crippen MR) is 114 cm³/mol. The van der Waals surface area contributed by atoms with Crippen molar-refractivity contribution in [1.29, 1.82) is 0 Å². The molecule has 0 aromatic heterocycles. The first-order valence-corrected chi connectivity index (χ1v) is 9.28. The maximum Gasteiger partial charge on any atom is 0.341 e. The van der Waals surface area contributed by atoms with E-state index in [1.165, 1.54) is 30.2 Å².